The van der Waals surface area contributed by atoms with E-state index in [0.29, 0.717) is 12.8 Å². The zero-order valence-corrected chi connectivity index (χ0v) is 11.8. The maximum absolute atomic E-state index is 11.8. The molecular weight excluding hydrogens is 262 g/mol. The van der Waals surface area contributed by atoms with E-state index in [1.165, 1.54) is 6.26 Å². The highest BCUT2D eigenvalue weighted by Crippen LogP contribution is 2.39. The molecule has 2 rings (SSSR count). The molecule has 1 aromatic rings. The van der Waals surface area contributed by atoms with Crippen molar-refractivity contribution in [1.29, 1.82) is 0 Å². The summed E-state index contributed by atoms with van der Waals surface area (Å²) in [5.74, 6) is 0.251. The first-order chi connectivity index (χ1) is 8.93. The number of hydrogen-bond acceptors (Lipinski definition) is 3. The molecule has 5 nitrogen and oxygen atoms in total. The second-order valence-electron chi connectivity index (χ2n) is 5.00. The Hall–Kier alpha value is -1.56. The van der Waals surface area contributed by atoms with E-state index < -0.39 is 14.6 Å². The van der Waals surface area contributed by atoms with Gasteiger partial charge < -0.3 is 11.1 Å². The quantitative estimate of drug-likeness (QED) is 0.645. The second-order valence-corrected chi connectivity index (χ2v) is 7.41. The maximum Gasteiger partial charge on any atom is 0.193 e. The molecule has 0 aliphatic heterocycles. The summed E-state index contributed by atoms with van der Waals surface area (Å²) in [6.45, 7) is 0.234. The Morgan fingerprint density at radius 3 is 2.47 bits per heavy atom. The molecule has 3 N–H and O–H groups in total. The lowest BCUT2D eigenvalue weighted by molar-refractivity contribution is 0.347. The number of nitrogens with two attached hydrogens (primary N) is 1. The van der Waals surface area contributed by atoms with Crippen molar-refractivity contribution in [3.63, 3.8) is 0 Å². The molecule has 0 radical (unpaired) electrons. The third kappa shape index (κ3) is 3.07. The third-order valence-electron chi connectivity index (χ3n) is 3.64. The standard InChI is InChI=1S/C13H19N3O2S/c1-19(17,18)13(8-5-9-13)10-15-12(14)16-11-6-3-2-4-7-11/h2-4,6-7H,5,8-10H2,1H3,(H3,14,15,16). The van der Waals surface area contributed by atoms with Gasteiger partial charge in [0, 0.05) is 11.9 Å². The smallest absolute Gasteiger partial charge is 0.193 e. The number of sulfone groups is 1. The Labute approximate surface area is 113 Å². The Bertz CT molecular complexity index is 563. The molecule has 0 amide bonds. The van der Waals surface area contributed by atoms with Crippen LogP contribution < -0.4 is 11.1 Å². The summed E-state index contributed by atoms with van der Waals surface area (Å²) in [6, 6.07) is 9.43. The molecule has 104 valence electrons. The van der Waals surface area contributed by atoms with E-state index in [0.717, 1.165) is 12.1 Å². The first-order valence-electron chi connectivity index (χ1n) is 6.25. The summed E-state index contributed by atoms with van der Waals surface area (Å²) >= 11 is 0. The fourth-order valence-corrected chi connectivity index (χ4v) is 3.48. The van der Waals surface area contributed by atoms with Crippen molar-refractivity contribution in [1.82, 2.24) is 0 Å². The first kappa shape index (κ1) is 13.9. The van der Waals surface area contributed by atoms with Crippen molar-refractivity contribution >= 4 is 21.5 Å². The lowest BCUT2D eigenvalue weighted by Gasteiger charge is -2.38. The minimum atomic E-state index is -3.09. The summed E-state index contributed by atoms with van der Waals surface area (Å²) in [6.07, 6.45) is 3.57. The summed E-state index contributed by atoms with van der Waals surface area (Å²) < 4.78 is 22.9. The van der Waals surface area contributed by atoms with Crippen molar-refractivity contribution in [2.45, 2.75) is 24.0 Å². The topological polar surface area (TPSA) is 84.5 Å². The Kier molecular flexibility index (Phi) is 3.80. The molecule has 1 saturated carbocycles. The van der Waals surface area contributed by atoms with Gasteiger partial charge in [-0.1, -0.05) is 24.6 Å². The number of para-hydroxylation sites is 1. The molecule has 0 heterocycles. The van der Waals surface area contributed by atoms with Gasteiger partial charge in [0.05, 0.1) is 11.3 Å². The van der Waals surface area contributed by atoms with E-state index in [4.69, 9.17) is 5.73 Å². The molecule has 1 aliphatic carbocycles. The van der Waals surface area contributed by atoms with Gasteiger partial charge in [-0.05, 0) is 25.0 Å². The highest BCUT2D eigenvalue weighted by molar-refractivity contribution is 7.92. The van der Waals surface area contributed by atoms with Crippen LogP contribution in [-0.4, -0.2) is 31.9 Å². The van der Waals surface area contributed by atoms with Crippen LogP contribution >= 0.6 is 0 Å². The van der Waals surface area contributed by atoms with Gasteiger partial charge in [-0.25, -0.2) is 8.42 Å². The number of hydrogen-bond donors (Lipinski definition) is 2. The van der Waals surface area contributed by atoms with Gasteiger partial charge in [0.1, 0.15) is 0 Å². The van der Waals surface area contributed by atoms with Gasteiger partial charge in [0.25, 0.3) is 0 Å². The van der Waals surface area contributed by atoms with Crippen molar-refractivity contribution in [3.05, 3.63) is 30.3 Å². The SMILES string of the molecule is CS(=O)(=O)C1(CN=C(N)Nc2ccccc2)CCC1. The molecule has 0 unspecified atom stereocenters. The molecule has 0 atom stereocenters. The number of anilines is 1. The van der Waals surface area contributed by atoms with Gasteiger partial charge in [-0.2, -0.15) is 0 Å². The fraction of sp³-hybridized carbons (Fsp3) is 0.462. The highest BCUT2D eigenvalue weighted by atomic mass is 32.2. The van der Waals surface area contributed by atoms with Gasteiger partial charge in [0.2, 0.25) is 0 Å². The molecule has 19 heavy (non-hydrogen) atoms. The average Bonchev–Trinajstić information content (AvgIpc) is 2.26. The lowest BCUT2D eigenvalue weighted by Crippen LogP contribution is -2.48. The van der Waals surface area contributed by atoms with Gasteiger partial charge in [-0.15, -0.1) is 0 Å². The normalized spacial score (nSPS) is 18.7. The highest BCUT2D eigenvalue weighted by Gasteiger charge is 2.46. The number of nitrogens with zero attached hydrogens (tertiary/aromatic N) is 1. The van der Waals surface area contributed by atoms with Crippen LogP contribution in [-0.2, 0) is 9.84 Å². The summed E-state index contributed by atoms with van der Waals surface area (Å²) in [5.41, 5.74) is 6.62. The zero-order valence-electron chi connectivity index (χ0n) is 11.0. The maximum atomic E-state index is 11.8. The van der Waals surface area contributed by atoms with Crippen molar-refractivity contribution in [2.75, 3.05) is 18.1 Å². The third-order valence-corrected chi connectivity index (χ3v) is 5.75. The van der Waals surface area contributed by atoms with Crippen LogP contribution in [0.1, 0.15) is 19.3 Å². The molecular formula is C13H19N3O2S. The van der Waals surface area contributed by atoms with Crippen molar-refractivity contribution in [3.8, 4) is 0 Å². The van der Waals surface area contributed by atoms with Crippen LogP contribution in [0.15, 0.2) is 35.3 Å². The predicted octanol–water partition coefficient (Wildman–Crippen LogP) is 1.38. The summed E-state index contributed by atoms with van der Waals surface area (Å²) in [5, 5.41) is 2.95. The lowest BCUT2D eigenvalue weighted by atomic mass is 9.84. The van der Waals surface area contributed by atoms with Gasteiger partial charge >= 0.3 is 0 Å². The number of rotatable bonds is 4. The minimum absolute atomic E-state index is 0.234. The summed E-state index contributed by atoms with van der Waals surface area (Å²) in [7, 11) is -3.09. The Morgan fingerprint density at radius 1 is 1.37 bits per heavy atom. The Balaban J connectivity index is 2.02. The molecule has 0 aromatic heterocycles. The van der Waals surface area contributed by atoms with E-state index in [1.54, 1.807) is 0 Å². The predicted molar refractivity (Wildman–Crippen MR) is 78.0 cm³/mol. The monoisotopic (exact) mass is 281 g/mol. The zero-order chi connectivity index (χ0) is 13.9. The van der Waals surface area contributed by atoms with E-state index in [1.807, 2.05) is 30.3 Å². The largest absolute Gasteiger partial charge is 0.370 e. The number of aliphatic imine (C=N–C) groups is 1. The van der Waals surface area contributed by atoms with Gasteiger partial charge in [0.15, 0.2) is 15.8 Å². The van der Waals surface area contributed by atoms with Crippen molar-refractivity contribution in [2.24, 2.45) is 10.7 Å². The van der Waals surface area contributed by atoms with Gasteiger partial charge in [-0.3, -0.25) is 4.99 Å². The summed E-state index contributed by atoms with van der Waals surface area (Å²) in [4.78, 5) is 4.18. The first-order valence-corrected chi connectivity index (χ1v) is 8.14. The van der Waals surface area contributed by atoms with E-state index in [9.17, 15) is 8.42 Å². The van der Waals surface area contributed by atoms with Crippen LogP contribution in [0.5, 0.6) is 0 Å². The number of guanidine groups is 1. The Morgan fingerprint density at radius 2 is 2.00 bits per heavy atom. The molecule has 0 spiro atoms. The van der Waals surface area contributed by atoms with Crippen LogP contribution in [0.25, 0.3) is 0 Å². The van der Waals surface area contributed by atoms with Crippen LogP contribution in [0.4, 0.5) is 5.69 Å². The van der Waals surface area contributed by atoms with Crippen LogP contribution in [0, 0.1) is 0 Å². The number of benzene rings is 1. The molecule has 1 fully saturated rings. The van der Waals surface area contributed by atoms with E-state index in [2.05, 4.69) is 10.3 Å². The second kappa shape index (κ2) is 5.21. The average molecular weight is 281 g/mol. The molecule has 0 bridgehead atoms. The van der Waals surface area contributed by atoms with E-state index >= 15 is 0 Å². The van der Waals surface area contributed by atoms with Crippen molar-refractivity contribution < 1.29 is 8.42 Å². The number of nitrogens with one attached hydrogen (secondary N) is 1. The minimum Gasteiger partial charge on any atom is -0.370 e. The molecule has 1 aromatic carbocycles. The fourth-order valence-electron chi connectivity index (χ4n) is 2.16. The van der Waals surface area contributed by atoms with Crippen LogP contribution in [0.3, 0.4) is 0 Å². The molecule has 0 saturated heterocycles. The van der Waals surface area contributed by atoms with E-state index in [-0.39, 0.29) is 12.5 Å². The van der Waals surface area contributed by atoms with Crippen LogP contribution in [0.2, 0.25) is 0 Å². The molecule has 6 heteroatoms. The molecule has 1 aliphatic rings.